The highest BCUT2D eigenvalue weighted by Crippen LogP contribution is 2.47. The summed E-state index contributed by atoms with van der Waals surface area (Å²) in [6, 6.07) is 12.6. The molecule has 5 nitrogen and oxygen atoms in total. The summed E-state index contributed by atoms with van der Waals surface area (Å²) in [5, 5.41) is 15.0. The van der Waals surface area contributed by atoms with Crippen LogP contribution in [0.2, 0.25) is 0 Å². The van der Waals surface area contributed by atoms with E-state index in [1.54, 1.807) is 0 Å². The van der Waals surface area contributed by atoms with Crippen LogP contribution >= 0.6 is 12.2 Å². The first-order chi connectivity index (χ1) is 11.8. The van der Waals surface area contributed by atoms with Gasteiger partial charge in [0.05, 0.1) is 5.69 Å². The van der Waals surface area contributed by atoms with Crippen molar-refractivity contribution in [2.24, 2.45) is 11.8 Å². The molecule has 0 unspecified atom stereocenters. The molecule has 1 saturated carbocycles. The van der Waals surface area contributed by atoms with E-state index in [-0.39, 0.29) is 0 Å². The van der Waals surface area contributed by atoms with Crippen molar-refractivity contribution < 1.29 is 0 Å². The molecule has 0 aliphatic heterocycles. The lowest BCUT2D eigenvalue weighted by atomic mass is 10.0. The third kappa shape index (κ3) is 2.10. The molecule has 0 amide bonds. The molecule has 2 bridgehead atoms. The molecule has 2 aliphatic rings. The molecular formula is C18H17N5S. The maximum atomic E-state index is 5.51. The SMILES string of the molecule is S=c1[nH]nc(-c2cc(-c3ccccc3)n[nH]2)n1[C@@H]1C[C@@H]2C=C[C@H]1C2. The molecular weight excluding hydrogens is 318 g/mol. The van der Waals surface area contributed by atoms with Gasteiger partial charge in [-0.3, -0.25) is 14.8 Å². The maximum Gasteiger partial charge on any atom is 0.195 e. The summed E-state index contributed by atoms with van der Waals surface area (Å²) in [4.78, 5) is 0. The van der Waals surface area contributed by atoms with E-state index in [0.717, 1.165) is 29.2 Å². The average Bonchev–Trinajstić information content (AvgIpc) is 3.38. The second-order valence-corrected chi connectivity index (χ2v) is 6.99. The molecule has 0 saturated heterocycles. The minimum Gasteiger partial charge on any atom is -0.295 e. The first-order valence-corrected chi connectivity index (χ1v) is 8.67. The quantitative estimate of drug-likeness (QED) is 0.559. The molecule has 120 valence electrons. The van der Waals surface area contributed by atoms with Crippen molar-refractivity contribution in [1.29, 1.82) is 0 Å². The Hall–Kier alpha value is -2.47. The number of allylic oxidation sites excluding steroid dienone is 2. The van der Waals surface area contributed by atoms with E-state index in [1.165, 1.54) is 6.42 Å². The van der Waals surface area contributed by atoms with E-state index in [9.17, 15) is 0 Å². The van der Waals surface area contributed by atoms with E-state index in [4.69, 9.17) is 12.2 Å². The molecule has 1 fully saturated rings. The summed E-state index contributed by atoms with van der Waals surface area (Å²) < 4.78 is 2.86. The zero-order chi connectivity index (χ0) is 16.1. The topological polar surface area (TPSA) is 62.3 Å². The van der Waals surface area contributed by atoms with E-state index < -0.39 is 0 Å². The number of nitrogens with one attached hydrogen (secondary N) is 2. The molecule has 0 radical (unpaired) electrons. The Kier molecular flexibility index (Phi) is 3.06. The number of nitrogens with zero attached hydrogens (tertiary/aromatic N) is 3. The van der Waals surface area contributed by atoms with Crippen LogP contribution in [0, 0.1) is 16.6 Å². The van der Waals surface area contributed by atoms with Crippen molar-refractivity contribution in [2.75, 3.05) is 0 Å². The van der Waals surface area contributed by atoms with Crippen LogP contribution in [-0.2, 0) is 0 Å². The second kappa shape index (κ2) is 5.27. The van der Waals surface area contributed by atoms with Crippen molar-refractivity contribution in [2.45, 2.75) is 18.9 Å². The number of fused-ring (bicyclic) bond motifs is 2. The predicted molar refractivity (Wildman–Crippen MR) is 94.8 cm³/mol. The van der Waals surface area contributed by atoms with Gasteiger partial charge in [0.1, 0.15) is 5.69 Å². The third-order valence-corrected chi connectivity index (χ3v) is 5.46. The molecule has 3 aromatic rings. The van der Waals surface area contributed by atoms with Crippen molar-refractivity contribution in [1.82, 2.24) is 25.0 Å². The lowest BCUT2D eigenvalue weighted by Gasteiger charge is -2.20. The molecule has 5 rings (SSSR count). The zero-order valence-corrected chi connectivity index (χ0v) is 13.8. The molecule has 2 heterocycles. The van der Waals surface area contributed by atoms with Crippen LogP contribution in [0.25, 0.3) is 22.8 Å². The Balaban J connectivity index is 1.56. The van der Waals surface area contributed by atoms with Gasteiger partial charge in [0.15, 0.2) is 10.6 Å². The summed E-state index contributed by atoms with van der Waals surface area (Å²) in [6.07, 6.45) is 7.05. The molecule has 1 aromatic carbocycles. The minimum absolute atomic E-state index is 0.393. The fraction of sp³-hybridized carbons (Fsp3) is 0.278. The number of aromatic amines is 2. The van der Waals surface area contributed by atoms with E-state index in [2.05, 4.69) is 49.2 Å². The number of aromatic nitrogens is 5. The molecule has 2 aliphatic carbocycles. The number of benzene rings is 1. The van der Waals surface area contributed by atoms with Gasteiger partial charge >= 0.3 is 0 Å². The van der Waals surface area contributed by atoms with E-state index >= 15 is 0 Å². The minimum atomic E-state index is 0.393. The van der Waals surface area contributed by atoms with Gasteiger partial charge in [0, 0.05) is 11.6 Å². The van der Waals surface area contributed by atoms with Crippen LogP contribution in [-0.4, -0.2) is 25.0 Å². The normalized spacial score (nSPS) is 24.8. The Morgan fingerprint density at radius 3 is 2.67 bits per heavy atom. The molecule has 6 heteroatoms. The fourth-order valence-corrected chi connectivity index (χ4v) is 4.31. The van der Waals surface area contributed by atoms with Crippen molar-refractivity contribution in [3.05, 3.63) is 53.3 Å². The van der Waals surface area contributed by atoms with Gasteiger partial charge < -0.3 is 0 Å². The average molecular weight is 335 g/mol. The van der Waals surface area contributed by atoms with Gasteiger partial charge in [-0.1, -0.05) is 42.5 Å². The van der Waals surface area contributed by atoms with Gasteiger partial charge in [-0.2, -0.15) is 10.2 Å². The molecule has 0 spiro atoms. The van der Waals surface area contributed by atoms with Crippen LogP contribution < -0.4 is 0 Å². The Morgan fingerprint density at radius 1 is 1.04 bits per heavy atom. The van der Waals surface area contributed by atoms with Gasteiger partial charge in [-0.15, -0.1) is 0 Å². The van der Waals surface area contributed by atoms with E-state index in [0.29, 0.717) is 22.6 Å². The summed E-state index contributed by atoms with van der Waals surface area (Å²) in [5.41, 5.74) is 2.90. The summed E-state index contributed by atoms with van der Waals surface area (Å²) in [7, 11) is 0. The first kappa shape index (κ1) is 13.9. The smallest absolute Gasteiger partial charge is 0.195 e. The molecule has 2 N–H and O–H groups in total. The Bertz CT molecular complexity index is 965. The molecule has 24 heavy (non-hydrogen) atoms. The highest BCUT2D eigenvalue weighted by atomic mass is 32.1. The zero-order valence-electron chi connectivity index (χ0n) is 13.0. The van der Waals surface area contributed by atoms with Gasteiger partial charge in [0.2, 0.25) is 0 Å². The third-order valence-electron chi connectivity index (χ3n) is 5.17. The predicted octanol–water partition coefficient (Wildman–Crippen LogP) is 4.13. The highest BCUT2D eigenvalue weighted by molar-refractivity contribution is 7.71. The van der Waals surface area contributed by atoms with Gasteiger partial charge in [-0.05, 0) is 43.0 Å². The van der Waals surface area contributed by atoms with Gasteiger partial charge in [0.25, 0.3) is 0 Å². The number of hydrogen-bond acceptors (Lipinski definition) is 3. The highest BCUT2D eigenvalue weighted by Gasteiger charge is 2.38. The van der Waals surface area contributed by atoms with Crippen LogP contribution in [0.5, 0.6) is 0 Å². The Morgan fingerprint density at radius 2 is 1.92 bits per heavy atom. The van der Waals surface area contributed by atoms with Crippen molar-refractivity contribution >= 4 is 12.2 Å². The second-order valence-electron chi connectivity index (χ2n) is 6.60. The Labute approximate surface area is 144 Å². The fourth-order valence-electron chi connectivity index (χ4n) is 4.04. The van der Waals surface area contributed by atoms with Crippen LogP contribution in [0.15, 0.2) is 48.6 Å². The maximum absolute atomic E-state index is 5.51. The van der Waals surface area contributed by atoms with Crippen molar-refractivity contribution in [3.8, 4) is 22.8 Å². The monoisotopic (exact) mass is 335 g/mol. The lowest BCUT2D eigenvalue weighted by molar-refractivity contribution is 0.431. The summed E-state index contributed by atoms with van der Waals surface area (Å²) >= 11 is 5.51. The van der Waals surface area contributed by atoms with Crippen molar-refractivity contribution in [3.63, 3.8) is 0 Å². The number of hydrogen-bond donors (Lipinski definition) is 2. The van der Waals surface area contributed by atoms with Crippen LogP contribution in [0.4, 0.5) is 0 Å². The number of H-pyrrole nitrogens is 2. The largest absolute Gasteiger partial charge is 0.295 e. The summed E-state index contributed by atoms with van der Waals surface area (Å²) in [6.45, 7) is 0. The lowest BCUT2D eigenvalue weighted by Crippen LogP contribution is -2.15. The standard InChI is InChI=1S/C18H17N5S/c24-18-22-21-17(23(18)16-9-11-6-7-13(16)8-11)15-10-14(19-20-15)12-4-2-1-3-5-12/h1-7,10-11,13,16H,8-9H2,(H,19,20)(H,22,24)/t11-,13+,16-/m1/s1. The number of rotatable bonds is 3. The molecule has 2 aromatic heterocycles. The molecule has 3 atom stereocenters. The first-order valence-electron chi connectivity index (χ1n) is 8.26. The van der Waals surface area contributed by atoms with Gasteiger partial charge in [-0.25, -0.2) is 0 Å². The van der Waals surface area contributed by atoms with E-state index in [1.807, 2.05) is 24.3 Å². The van der Waals surface area contributed by atoms with Crippen LogP contribution in [0.3, 0.4) is 0 Å². The van der Waals surface area contributed by atoms with Crippen LogP contribution in [0.1, 0.15) is 18.9 Å². The summed E-state index contributed by atoms with van der Waals surface area (Å²) in [5.74, 6) is 2.10.